The first-order chi connectivity index (χ1) is 7.68. The van der Waals surface area contributed by atoms with E-state index in [0.717, 1.165) is 40.8 Å². The number of hydrogen-bond donors (Lipinski definition) is 1. The summed E-state index contributed by atoms with van der Waals surface area (Å²) in [4.78, 5) is 0. The predicted molar refractivity (Wildman–Crippen MR) is 70.1 cm³/mol. The van der Waals surface area contributed by atoms with Gasteiger partial charge in [-0.3, -0.25) is 0 Å². The molecule has 1 aliphatic carbocycles. The van der Waals surface area contributed by atoms with E-state index in [9.17, 15) is 0 Å². The average Bonchev–Trinajstić information content (AvgIpc) is 3.05. The minimum absolute atomic E-state index is 0.376. The molecule has 88 valence electrons. The summed E-state index contributed by atoms with van der Waals surface area (Å²) in [6, 6.07) is 6.04. The smallest absolute Gasteiger partial charge is 0.0452 e. The molecule has 1 nitrogen and oxygen atoms in total. The molecule has 1 unspecified atom stereocenters. The van der Waals surface area contributed by atoms with Crippen LogP contribution in [0.3, 0.4) is 0 Å². The Kier molecular flexibility index (Phi) is 4.12. The van der Waals surface area contributed by atoms with Gasteiger partial charge in [0.2, 0.25) is 0 Å². The van der Waals surface area contributed by atoms with Gasteiger partial charge >= 0.3 is 0 Å². The Morgan fingerprint density at radius 3 is 2.44 bits per heavy atom. The second kappa shape index (κ2) is 5.39. The van der Waals surface area contributed by atoms with Gasteiger partial charge in [0.05, 0.1) is 0 Å². The van der Waals surface area contributed by atoms with Gasteiger partial charge in [0.25, 0.3) is 0 Å². The summed E-state index contributed by atoms with van der Waals surface area (Å²) in [5.41, 5.74) is 7.12. The first-order valence-corrected chi connectivity index (χ1v) is 6.62. The molecule has 0 aliphatic heterocycles. The van der Waals surface area contributed by atoms with E-state index in [0.29, 0.717) is 6.04 Å². The van der Waals surface area contributed by atoms with Crippen LogP contribution in [0.25, 0.3) is 0 Å². The second-order valence-corrected chi connectivity index (χ2v) is 5.41. The lowest BCUT2D eigenvalue weighted by Crippen LogP contribution is -2.22. The zero-order chi connectivity index (χ0) is 11.5. The minimum atomic E-state index is 0.376. The molecule has 0 spiro atoms. The highest BCUT2D eigenvalue weighted by molar-refractivity contribution is 6.35. The van der Waals surface area contributed by atoms with Crippen LogP contribution in [0.5, 0.6) is 0 Å². The highest BCUT2D eigenvalue weighted by atomic mass is 35.5. The standard InChI is InChI=1S/C13H17Cl2N/c14-11-4-2-5-12(15)10(11)3-1-6-13(16)9-7-8-9/h2,4-5,9,13H,1,3,6-8,16H2. The molecule has 1 aromatic carbocycles. The third kappa shape index (κ3) is 3.13. The van der Waals surface area contributed by atoms with E-state index in [4.69, 9.17) is 28.9 Å². The molecule has 0 radical (unpaired) electrons. The fraction of sp³-hybridized carbons (Fsp3) is 0.538. The number of hydrogen-bond acceptors (Lipinski definition) is 1. The van der Waals surface area contributed by atoms with E-state index < -0.39 is 0 Å². The quantitative estimate of drug-likeness (QED) is 0.847. The number of rotatable bonds is 5. The monoisotopic (exact) mass is 257 g/mol. The van der Waals surface area contributed by atoms with Crippen molar-refractivity contribution in [3.63, 3.8) is 0 Å². The average molecular weight is 258 g/mol. The molecule has 1 atom stereocenters. The molecular weight excluding hydrogens is 241 g/mol. The van der Waals surface area contributed by atoms with Crippen LogP contribution in [0, 0.1) is 5.92 Å². The van der Waals surface area contributed by atoms with Crippen molar-refractivity contribution in [3.8, 4) is 0 Å². The molecule has 1 aromatic rings. The van der Waals surface area contributed by atoms with Crippen LogP contribution < -0.4 is 5.73 Å². The highest BCUT2D eigenvalue weighted by Crippen LogP contribution is 2.34. The molecule has 0 bridgehead atoms. The molecule has 0 amide bonds. The molecule has 16 heavy (non-hydrogen) atoms. The van der Waals surface area contributed by atoms with Gasteiger partial charge in [-0.25, -0.2) is 0 Å². The van der Waals surface area contributed by atoms with Crippen LogP contribution in [0.4, 0.5) is 0 Å². The normalized spacial score (nSPS) is 17.4. The fourth-order valence-corrected chi connectivity index (χ4v) is 2.63. The maximum atomic E-state index is 6.10. The maximum Gasteiger partial charge on any atom is 0.0452 e. The number of nitrogens with two attached hydrogens (primary N) is 1. The second-order valence-electron chi connectivity index (χ2n) is 4.59. The Hall–Kier alpha value is -0.240. The lowest BCUT2D eigenvalue weighted by molar-refractivity contribution is 0.528. The number of benzene rings is 1. The van der Waals surface area contributed by atoms with Gasteiger partial charge in [-0.15, -0.1) is 0 Å². The topological polar surface area (TPSA) is 26.0 Å². The first-order valence-electron chi connectivity index (χ1n) is 5.87. The van der Waals surface area contributed by atoms with E-state index in [-0.39, 0.29) is 0 Å². The Morgan fingerprint density at radius 2 is 1.88 bits per heavy atom. The Bertz CT molecular complexity index is 341. The maximum absolute atomic E-state index is 6.10. The van der Waals surface area contributed by atoms with Crippen molar-refractivity contribution in [1.82, 2.24) is 0 Å². The molecule has 0 heterocycles. The van der Waals surface area contributed by atoms with E-state index in [1.165, 1.54) is 12.8 Å². The van der Waals surface area contributed by atoms with Crippen LogP contribution in [-0.4, -0.2) is 6.04 Å². The summed E-state index contributed by atoms with van der Waals surface area (Å²) in [5.74, 6) is 0.779. The van der Waals surface area contributed by atoms with Gasteiger partial charge in [0.1, 0.15) is 0 Å². The van der Waals surface area contributed by atoms with Crippen molar-refractivity contribution < 1.29 is 0 Å². The first kappa shape index (κ1) is 12.2. The Morgan fingerprint density at radius 1 is 1.25 bits per heavy atom. The van der Waals surface area contributed by atoms with Gasteiger partial charge in [-0.1, -0.05) is 29.3 Å². The van der Waals surface area contributed by atoms with E-state index in [1.807, 2.05) is 18.2 Å². The summed E-state index contributed by atoms with van der Waals surface area (Å²) < 4.78 is 0. The van der Waals surface area contributed by atoms with Crippen LogP contribution in [0.15, 0.2) is 18.2 Å². The molecular formula is C13H17Cl2N. The molecule has 0 aromatic heterocycles. The number of halogens is 2. The van der Waals surface area contributed by atoms with Crippen molar-refractivity contribution >= 4 is 23.2 Å². The van der Waals surface area contributed by atoms with Crippen molar-refractivity contribution in [2.24, 2.45) is 11.7 Å². The highest BCUT2D eigenvalue weighted by Gasteiger charge is 2.27. The minimum Gasteiger partial charge on any atom is -0.327 e. The lowest BCUT2D eigenvalue weighted by Gasteiger charge is -2.11. The fourth-order valence-electron chi connectivity index (χ4n) is 2.05. The summed E-state index contributed by atoms with van der Waals surface area (Å²) in [6.07, 6.45) is 5.70. The zero-order valence-corrected chi connectivity index (χ0v) is 10.8. The largest absolute Gasteiger partial charge is 0.327 e. The van der Waals surface area contributed by atoms with Gasteiger partial charge in [0, 0.05) is 16.1 Å². The van der Waals surface area contributed by atoms with Gasteiger partial charge in [0.15, 0.2) is 0 Å². The summed E-state index contributed by atoms with van der Waals surface area (Å²) >= 11 is 12.2. The van der Waals surface area contributed by atoms with Crippen LogP contribution >= 0.6 is 23.2 Å². The summed E-state index contributed by atoms with van der Waals surface area (Å²) in [6.45, 7) is 0. The van der Waals surface area contributed by atoms with Crippen LogP contribution in [0.2, 0.25) is 10.0 Å². The molecule has 2 N–H and O–H groups in total. The zero-order valence-electron chi connectivity index (χ0n) is 9.26. The van der Waals surface area contributed by atoms with Crippen molar-refractivity contribution in [3.05, 3.63) is 33.8 Å². The van der Waals surface area contributed by atoms with E-state index in [2.05, 4.69) is 0 Å². The Balaban J connectivity index is 1.84. The van der Waals surface area contributed by atoms with Crippen LogP contribution in [0.1, 0.15) is 31.2 Å². The summed E-state index contributed by atoms with van der Waals surface area (Å²) in [7, 11) is 0. The van der Waals surface area contributed by atoms with Gasteiger partial charge in [-0.2, -0.15) is 0 Å². The molecule has 1 saturated carbocycles. The van der Waals surface area contributed by atoms with Gasteiger partial charge in [-0.05, 0) is 55.7 Å². The molecule has 3 heteroatoms. The van der Waals surface area contributed by atoms with Crippen molar-refractivity contribution in [2.75, 3.05) is 0 Å². The third-order valence-electron chi connectivity index (χ3n) is 3.25. The molecule has 1 aliphatic rings. The van der Waals surface area contributed by atoms with E-state index in [1.54, 1.807) is 0 Å². The van der Waals surface area contributed by atoms with Gasteiger partial charge < -0.3 is 5.73 Å². The predicted octanol–water partition coefficient (Wildman–Crippen LogP) is 4.05. The van der Waals surface area contributed by atoms with Crippen molar-refractivity contribution in [2.45, 2.75) is 38.1 Å². The summed E-state index contributed by atoms with van der Waals surface area (Å²) in [5, 5.41) is 1.54. The van der Waals surface area contributed by atoms with E-state index >= 15 is 0 Å². The third-order valence-corrected chi connectivity index (χ3v) is 3.96. The molecule has 2 rings (SSSR count). The molecule has 1 fully saturated rings. The SMILES string of the molecule is NC(CCCc1c(Cl)cccc1Cl)C1CC1. The lowest BCUT2D eigenvalue weighted by atomic mass is 10.0. The van der Waals surface area contributed by atoms with Crippen molar-refractivity contribution in [1.29, 1.82) is 0 Å². The van der Waals surface area contributed by atoms with Crippen LogP contribution in [-0.2, 0) is 6.42 Å². The molecule has 0 saturated heterocycles. The Labute approximate surface area is 107 Å².